The maximum atomic E-state index is 13.7. The molecule has 9 heteroatoms. The fourth-order valence-electron chi connectivity index (χ4n) is 6.03. The molecule has 3 unspecified atom stereocenters. The lowest BCUT2D eigenvalue weighted by molar-refractivity contribution is -0.139. The summed E-state index contributed by atoms with van der Waals surface area (Å²) in [4.78, 5) is 46.4. The van der Waals surface area contributed by atoms with E-state index < -0.39 is 18.1 Å². The quantitative estimate of drug-likeness (QED) is 0.198. The van der Waals surface area contributed by atoms with Gasteiger partial charge < -0.3 is 15.7 Å². The largest absolute Gasteiger partial charge is 0.480 e. The zero-order chi connectivity index (χ0) is 30.6. The minimum absolute atomic E-state index is 0.116. The number of hydrogen-bond donors (Lipinski definition) is 3. The van der Waals surface area contributed by atoms with Gasteiger partial charge in [0, 0.05) is 22.1 Å². The van der Waals surface area contributed by atoms with E-state index in [1.165, 1.54) is 0 Å². The van der Waals surface area contributed by atoms with Gasteiger partial charge in [-0.3, -0.25) is 19.5 Å². The Balaban J connectivity index is 1.36. The van der Waals surface area contributed by atoms with Crippen molar-refractivity contribution in [1.82, 2.24) is 10.2 Å². The second-order valence-corrected chi connectivity index (χ2v) is 11.8. The van der Waals surface area contributed by atoms with E-state index in [0.29, 0.717) is 44.7 Å². The van der Waals surface area contributed by atoms with Crippen molar-refractivity contribution in [1.29, 1.82) is 0 Å². The Morgan fingerprint density at radius 2 is 1.66 bits per heavy atom. The number of anilines is 1. The van der Waals surface area contributed by atoms with E-state index in [-0.39, 0.29) is 17.9 Å². The highest BCUT2D eigenvalue weighted by molar-refractivity contribution is 9.10. The molecule has 2 aliphatic heterocycles. The molecule has 0 aromatic heterocycles. The third-order valence-electron chi connectivity index (χ3n) is 8.11. The Bertz CT molecular complexity index is 1730. The summed E-state index contributed by atoms with van der Waals surface area (Å²) in [5.41, 5.74) is 4.33. The summed E-state index contributed by atoms with van der Waals surface area (Å²) in [5.74, 6) is -1.65. The smallest absolute Gasteiger partial charge is 0.330 e. The molecule has 222 valence electrons. The summed E-state index contributed by atoms with van der Waals surface area (Å²) in [6, 6.07) is 29.5. The molecule has 1 fully saturated rings. The van der Waals surface area contributed by atoms with Crippen LogP contribution in [0.15, 0.2) is 113 Å². The molecule has 6 rings (SSSR count). The molecular weight excluding hydrogens is 620 g/mol. The Labute approximate surface area is 264 Å². The molecule has 0 aliphatic carbocycles. The van der Waals surface area contributed by atoms with Gasteiger partial charge in [-0.05, 0) is 58.6 Å². The van der Waals surface area contributed by atoms with E-state index >= 15 is 0 Å². The minimum atomic E-state index is -1.33. The molecule has 3 atom stereocenters. The van der Waals surface area contributed by atoms with Crippen molar-refractivity contribution in [3.63, 3.8) is 0 Å². The lowest BCUT2D eigenvalue weighted by Crippen LogP contribution is -2.39. The van der Waals surface area contributed by atoms with Crippen LogP contribution in [-0.4, -0.2) is 52.1 Å². The van der Waals surface area contributed by atoms with Gasteiger partial charge in [0.25, 0.3) is 5.91 Å². The molecule has 8 nitrogen and oxygen atoms in total. The second-order valence-electron chi connectivity index (χ2n) is 10.9. The van der Waals surface area contributed by atoms with Crippen molar-refractivity contribution in [2.24, 2.45) is 4.99 Å². The number of fused-ring (bicyclic) bond motifs is 1. The van der Waals surface area contributed by atoms with Crippen molar-refractivity contribution in [2.45, 2.75) is 37.5 Å². The fraction of sp³-hybridized carbons (Fsp3) is 0.200. The highest BCUT2D eigenvalue weighted by Crippen LogP contribution is 2.35. The number of para-hydroxylation sites is 1. The number of likely N-dealkylation sites (tertiary alicyclic amines) is 1. The number of halogens is 1. The van der Waals surface area contributed by atoms with Crippen LogP contribution >= 0.6 is 15.9 Å². The SMILES string of the molecule is O=C1NC(C(N=C(c2ccccc2)c2ccccc2NC(=O)C2CCCN2Cc2ccccc2)C(=O)O)c2cccc(Br)c21. The topological polar surface area (TPSA) is 111 Å². The molecule has 2 amide bonds. The molecule has 1 saturated heterocycles. The van der Waals surface area contributed by atoms with Crippen molar-refractivity contribution in [3.05, 3.63) is 135 Å². The van der Waals surface area contributed by atoms with E-state index in [1.807, 2.05) is 72.8 Å². The second kappa shape index (κ2) is 13.0. The van der Waals surface area contributed by atoms with Crippen LogP contribution in [0, 0.1) is 0 Å². The van der Waals surface area contributed by atoms with Crippen LogP contribution in [0.2, 0.25) is 0 Å². The normalized spacial score (nSPS) is 18.8. The Kier molecular flexibility index (Phi) is 8.67. The predicted octanol–water partition coefficient (Wildman–Crippen LogP) is 5.83. The number of carboxylic acid groups (broad SMARTS) is 1. The molecule has 3 N–H and O–H groups in total. The predicted molar refractivity (Wildman–Crippen MR) is 173 cm³/mol. The van der Waals surface area contributed by atoms with Gasteiger partial charge in [-0.25, -0.2) is 4.79 Å². The first-order valence-corrected chi connectivity index (χ1v) is 15.3. The number of hydrogen-bond acceptors (Lipinski definition) is 5. The molecule has 0 radical (unpaired) electrons. The van der Waals surface area contributed by atoms with Crippen LogP contribution in [0.4, 0.5) is 5.69 Å². The number of nitrogens with one attached hydrogen (secondary N) is 2. The summed E-state index contributed by atoms with van der Waals surface area (Å²) < 4.78 is 0.590. The van der Waals surface area contributed by atoms with Gasteiger partial charge >= 0.3 is 5.97 Å². The van der Waals surface area contributed by atoms with Crippen LogP contribution in [0.3, 0.4) is 0 Å². The average Bonchev–Trinajstić information content (AvgIpc) is 3.63. The molecule has 2 heterocycles. The molecule has 0 bridgehead atoms. The van der Waals surface area contributed by atoms with Gasteiger partial charge in [0.1, 0.15) is 0 Å². The van der Waals surface area contributed by atoms with E-state index in [4.69, 9.17) is 4.99 Å². The lowest BCUT2D eigenvalue weighted by Gasteiger charge is -2.25. The van der Waals surface area contributed by atoms with E-state index in [9.17, 15) is 19.5 Å². The molecule has 4 aromatic rings. The minimum Gasteiger partial charge on any atom is -0.480 e. The molecular formula is C35H31BrN4O4. The summed E-state index contributed by atoms with van der Waals surface area (Å²) in [6.07, 6.45) is 1.67. The lowest BCUT2D eigenvalue weighted by atomic mass is 9.96. The number of rotatable bonds is 9. The first-order valence-electron chi connectivity index (χ1n) is 14.5. The van der Waals surface area contributed by atoms with E-state index in [2.05, 4.69) is 43.6 Å². The van der Waals surface area contributed by atoms with Crippen LogP contribution in [0.1, 0.15) is 51.5 Å². The van der Waals surface area contributed by atoms with Gasteiger partial charge in [-0.1, -0.05) is 91.0 Å². The van der Waals surface area contributed by atoms with Crippen LogP contribution in [0.25, 0.3) is 0 Å². The highest BCUT2D eigenvalue weighted by Gasteiger charge is 2.39. The summed E-state index contributed by atoms with van der Waals surface area (Å²) in [5, 5.41) is 16.4. The third kappa shape index (κ3) is 6.06. The Hall–Kier alpha value is -4.60. The summed E-state index contributed by atoms with van der Waals surface area (Å²) in [7, 11) is 0. The number of benzene rings is 4. The fourth-order valence-corrected chi connectivity index (χ4v) is 6.59. The van der Waals surface area contributed by atoms with Crippen molar-refractivity contribution < 1.29 is 19.5 Å². The first-order chi connectivity index (χ1) is 21.4. The monoisotopic (exact) mass is 650 g/mol. The summed E-state index contributed by atoms with van der Waals surface area (Å²) >= 11 is 3.42. The van der Waals surface area contributed by atoms with Crippen LogP contribution in [-0.2, 0) is 16.1 Å². The van der Waals surface area contributed by atoms with Gasteiger partial charge in [0.15, 0.2) is 6.04 Å². The zero-order valence-corrected chi connectivity index (χ0v) is 25.4. The van der Waals surface area contributed by atoms with Crippen molar-refractivity contribution in [2.75, 3.05) is 11.9 Å². The Morgan fingerprint density at radius 3 is 2.41 bits per heavy atom. The first kappa shape index (κ1) is 29.5. The van der Waals surface area contributed by atoms with Crippen molar-refractivity contribution in [3.8, 4) is 0 Å². The average molecular weight is 652 g/mol. The van der Waals surface area contributed by atoms with Gasteiger partial charge in [-0.2, -0.15) is 0 Å². The maximum Gasteiger partial charge on any atom is 0.330 e. The summed E-state index contributed by atoms with van der Waals surface area (Å²) in [6.45, 7) is 1.51. The number of carbonyl (C=O) groups is 3. The number of carboxylic acids is 1. The zero-order valence-electron chi connectivity index (χ0n) is 23.8. The van der Waals surface area contributed by atoms with E-state index in [1.54, 1.807) is 18.2 Å². The third-order valence-corrected chi connectivity index (χ3v) is 8.77. The molecule has 44 heavy (non-hydrogen) atoms. The number of amides is 2. The van der Waals surface area contributed by atoms with Crippen LogP contribution in [0.5, 0.6) is 0 Å². The maximum absolute atomic E-state index is 13.7. The van der Waals surface area contributed by atoms with Gasteiger partial charge in [0.2, 0.25) is 5.91 Å². The standard InChI is InChI=1S/C35H31BrN4O4/c36-26-17-9-16-25-29(26)34(42)39-31(25)32(35(43)44)38-30(23-13-5-2-6-14-23)24-15-7-8-18-27(24)37-33(41)28-19-10-20-40(28)21-22-11-3-1-4-12-22/h1-9,11-18,28,31-32H,10,19-21H2,(H,37,41)(H,39,42)(H,43,44). The van der Waals surface area contributed by atoms with E-state index in [0.717, 1.165) is 24.9 Å². The number of nitrogens with zero attached hydrogens (tertiary/aromatic N) is 2. The molecule has 0 spiro atoms. The molecule has 0 saturated carbocycles. The van der Waals surface area contributed by atoms with Crippen molar-refractivity contribution >= 4 is 45.1 Å². The number of carbonyl (C=O) groups excluding carboxylic acids is 2. The molecule has 2 aliphatic rings. The highest BCUT2D eigenvalue weighted by atomic mass is 79.9. The number of aliphatic carboxylic acids is 1. The Morgan fingerprint density at radius 1 is 0.955 bits per heavy atom. The van der Waals surface area contributed by atoms with Gasteiger partial charge in [0.05, 0.1) is 29.0 Å². The van der Waals surface area contributed by atoms with Crippen LogP contribution < -0.4 is 10.6 Å². The van der Waals surface area contributed by atoms with Gasteiger partial charge in [-0.15, -0.1) is 0 Å². The number of aliphatic imine (C=N–C) groups is 1. The molecule has 4 aromatic carbocycles.